The summed E-state index contributed by atoms with van der Waals surface area (Å²) in [6.07, 6.45) is 0. The summed E-state index contributed by atoms with van der Waals surface area (Å²) in [5.74, 6) is -0.398. The first-order valence-electron chi connectivity index (χ1n) is 7.26. The zero-order valence-corrected chi connectivity index (χ0v) is 14.2. The van der Waals surface area contributed by atoms with E-state index in [0.717, 1.165) is 11.6 Å². The highest BCUT2D eigenvalue weighted by Crippen LogP contribution is 2.27. The number of benzene rings is 1. The number of nitrogens with zero attached hydrogens (tertiary/aromatic N) is 2. The van der Waals surface area contributed by atoms with Crippen molar-refractivity contribution in [1.29, 1.82) is 0 Å². The fourth-order valence-electron chi connectivity index (χ4n) is 2.24. The summed E-state index contributed by atoms with van der Waals surface area (Å²) < 4.78 is 0. The fraction of sp³-hybridized carbons (Fsp3) is 0.400. The molecule has 1 fully saturated rings. The highest BCUT2D eigenvalue weighted by atomic mass is 32.1. The molecule has 0 aromatic heterocycles. The van der Waals surface area contributed by atoms with Crippen molar-refractivity contribution in [2.45, 2.75) is 12.5 Å². The molecule has 0 aliphatic carbocycles. The molecule has 8 heteroatoms. The highest BCUT2D eigenvalue weighted by molar-refractivity contribution is 7.80. The van der Waals surface area contributed by atoms with Gasteiger partial charge in [0.25, 0.3) is 5.91 Å². The predicted molar refractivity (Wildman–Crippen MR) is 91.5 cm³/mol. The molecule has 1 heterocycles. The van der Waals surface area contributed by atoms with Crippen LogP contribution in [0.2, 0.25) is 0 Å². The van der Waals surface area contributed by atoms with E-state index >= 15 is 0 Å². The van der Waals surface area contributed by atoms with Crippen LogP contribution in [0.25, 0.3) is 0 Å². The summed E-state index contributed by atoms with van der Waals surface area (Å²) in [5.41, 5.74) is 2.26. The minimum absolute atomic E-state index is 0.229. The summed E-state index contributed by atoms with van der Waals surface area (Å²) >= 11 is 5.13. The molecular weight excluding hydrogens is 314 g/mol. The quantitative estimate of drug-likeness (QED) is 0.534. The second-order valence-corrected chi connectivity index (χ2v) is 6.14. The fourth-order valence-corrected chi connectivity index (χ4v) is 2.44. The highest BCUT2D eigenvalue weighted by Gasteiger charge is 2.49. The summed E-state index contributed by atoms with van der Waals surface area (Å²) in [7, 11) is 3.89. The Morgan fingerprint density at radius 2 is 1.96 bits per heavy atom. The number of carbonyl (C=O) groups excluding carboxylic acids is 2. The summed E-state index contributed by atoms with van der Waals surface area (Å²) in [6.45, 7) is 3.06. The second kappa shape index (κ2) is 6.93. The standard InChI is InChI=1S/C15H21N5O2S/c1-15(11-7-5-4-6-8-11)12(21)20(14(22)17-15)18-13(23)16-9-10-19(2)3/h4-8H,9-10H2,1-3H3,(H,17,22)(H2,16,18,23)/t15-/m0/s1. The van der Waals surface area contributed by atoms with Crippen molar-refractivity contribution in [3.63, 3.8) is 0 Å². The van der Waals surface area contributed by atoms with Gasteiger partial charge in [0.1, 0.15) is 5.54 Å². The van der Waals surface area contributed by atoms with Crippen LogP contribution >= 0.6 is 12.2 Å². The van der Waals surface area contributed by atoms with Crippen molar-refractivity contribution in [1.82, 2.24) is 26.0 Å². The molecule has 3 N–H and O–H groups in total. The van der Waals surface area contributed by atoms with Gasteiger partial charge in [-0.1, -0.05) is 30.3 Å². The SMILES string of the molecule is CN(C)CCNC(=S)NN1C(=O)N[C@@](C)(c2ccccc2)C1=O. The maximum absolute atomic E-state index is 12.6. The van der Waals surface area contributed by atoms with Crippen molar-refractivity contribution < 1.29 is 9.59 Å². The average molecular weight is 335 g/mol. The number of amides is 3. The Morgan fingerprint density at radius 3 is 2.57 bits per heavy atom. The van der Waals surface area contributed by atoms with Gasteiger partial charge in [0, 0.05) is 13.1 Å². The molecule has 0 radical (unpaired) electrons. The molecule has 124 valence electrons. The second-order valence-electron chi connectivity index (χ2n) is 5.73. The van der Waals surface area contributed by atoms with E-state index in [0.29, 0.717) is 12.1 Å². The van der Waals surface area contributed by atoms with Gasteiger partial charge in [-0.05, 0) is 38.8 Å². The average Bonchev–Trinajstić information content (AvgIpc) is 2.72. The molecule has 7 nitrogen and oxygen atoms in total. The Hall–Kier alpha value is -2.19. The predicted octanol–water partition coefficient (Wildman–Crippen LogP) is 0.394. The number of carbonyl (C=O) groups is 2. The van der Waals surface area contributed by atoms with Crippen molar-refractivity contribution in [2.24, 2.45) is 0 Å². The number of imide groups is 1. The number of hydrazine groups is 1. The van der Waals surface area contributed by atoms with Crippen LogP contribution in [0.3, 0.4) is 0 Å². The summed E-state index contributed by atoms with van der Waals surface area (Å²) in [6, 6.07) is 8.57. The number of thiocarbonyl (C=S) groups is 1. The van der Waals surface area contributed by atoms with Crippen LogP contribution in [0.5, 0.6) is 0 Å². The first-order valence-corrected chi connectivity index (χ1v) is 7.67. The molecule has 1 aliphatic heterocycles. The molecule has 2 rings (SSSR count). The molecule has 0 bridgehead atoms. The lowest BCUT2D eigenvalue weighted by Crippen LogP contribution is -2.51. The molecule has 1 aromatic rings. The molecule has 1 aromatic carbocycles. The third-order valence-electron chi connectivity index (χ3n) is 3.60. The Balaban J connectivity index is 2.03. The van der Waals surface area contributed by atoms with Gasteiger partial charge in [-0.3, -0.25) is 10.2 Å². The molecule has 23 heavy (non-hydrogen) atoms. The normalized spacial score (nSPS) is 20.6. The van der Waals surface area contributed by atoms with Crippen LogP contribution in [0.1, 0.15) is 12.5 Å². The monoisotopic (exact) mass is 335 g/mol. The molecular formula is C15H21N5O2S. The summed E-state index contributed by atoms with van der Waals surface area (Å²) in [5, 5.41) is 6.80. The largest absolute Gasteiger partial charge is 0.360 e. The number of hydrogen-bond donors (Lipinski definition) is 3. The Bertz CT molecular complexity index is 607. The Kier molecular flexibility index (Phi) is 5.17. The number of hydrogen-bond acceptors (Lipinski definition) is 4. The van der Waals surface area contributed by atoms with Crippen molar-refractivity contribution in [3.8, 4) is 0 Å². The van der Waals surface area contributed by atoms with Gasteiger partial charge in [0.05, 0.1) is 0 Å². The molecule has 1 saturated heterocycles. The smallest absolute Gasteiger partial charge is 0.344 e. The lowest BCUT2D eigenvalue weighted by atomic mass is 9.92. The third kappa shape index (κ3) is 3.77. The molecule has 1 aliphatic rings. The maximum Gasteiger partial charge on any atom is 0.344 e. The zero-order valence-electron chi connectivity index (χ0n) is 13.4. The number of rotatable bonds is 5. The number of nitrogens with one attached hydrogen (secondary N) is 3. The van der Waals surface area contributed by atoms with E-state index in [1.807, 2.05) is 37.2 Å². The van der Waals surface area contributed by atoms with E-state index in [-0.39, 0.29) is 5.11 Å². The molecule has 1 atom stereocenters. The van der Waals surface area contributed by atoms with E-state index in [1.54, 1.807) is 19.1 Å². The lowest BCUT2D eigenvalue weighted by Gasteiger charge is -2.22. The molecule has 0 spiro atoms. The topological polar surface area (TPSA) is 76.7 Å². The van der Waals surface area contributed by atoms with Crippen LogP contribution in [-0.2, 0) is 10.3 Å². The van der Waals surface area contributed by atoms with Crippen molar-refractivity contribution in [3.05, 3.63) is 35.9 Å². The van der Waals surface area contributed by atoms with Crippen LogP contribution in [0.15, 0.2) is 30.3 Å². The van der Waals surface area contributed by atoms with Crippen LogP contribution in [-0.4, -0.2) is 54.1 Å². The minimum atomic E-state index is -1.11. The Morgan fingerprint density at radius 1 is 1.30 bits per heavy atom. The van der Waals surface area contributed by atoms with E-state index in [2.05, 4.69) is 16.1 Å². The van der Waals surface area contributed by atoms with Gasteiger partial charge in [0.15, 0.2) is 5.11 Å². The first-order chi connectivity index (χ1) is 10.8. The van der Waals surface area contributed by atoms with Gasteiger partial charge < -0.3 is 15.5 Å². The van der Waals surface area contributed by atoms with Gasteiger partial charge in [0.2, 0.25) is 0 Å². The molecule has 0 unspecified atom stereocenters. The van der Waals surface area contributed by atoms with Crippen LogP contribution < -0.4 is 16.1 Å². The van der Waals surface area contributed by atoms with Crippen LogP contribution in [0.4, 0.5) is 4.79 Å². The number of likely N-dealkylation sites (N-methyl/N-ethyl adjacent to an activating group) is 1. The van der Waals surface area contributed by atoms with Crippen molar-refractivity contribution in [2.75, 3.05) is 27.2 Å². The number of urea groups is 1. The zero-order chi connectivity index (χ0) is 17.0. The maximum atomic E-state index is 12.6. The third-order valence-corrected chi connectivity index (χ3v) is 3.84. The minimum Gasteiger partial charge on any atom is -0.360 e. The van der Waals surface area contributed by atoms with E-state index in [4.69, 9.17) is 12.2 Å². The van der Waals surface area contributed by atoms with Gasteiger partial charge in [-0.2, -0.15) is 5.01 Å². The van der Waals surface area contributed by atoms with E-state index < -0.39 is 17.5 Å². The van der Waals surface area contributed by atoms with Gasteiger partial charge in [-0.25, -0.2) is 4.79 Å². The van der Waals surface area contributed by atoms with Gasteiger partial charge >= 0.3 is 6.03 Å². The van der Waals surface area contributed by atoms with Gasteiger partial charge in [-0.15, -0.1) is 0 Å². The first kappa shape index (κ1) is 17.2. The summed E-state index contributed by atoms with van der Waals surface area (Å²) in [4.78, 5) is 26.8. The molecule has 3 amide bonds. The van der Waals surface area contributed by atoms with E-state index in [1.165, 1.54) is 0 Å². The van der Waals surface area contributed by atoms with Crippen LogP contribution in [0, 0.1) is 0 Å². The Labute approximate surface area is 141 Å². The lowest BCUT2D eigenvalue weighted by molar-refractivity contribution is -0.132. The van der Waals surface area contributed by atoms with Crippen molar-refractivity contribution >= 4 is 29.3 Å². The van der Waals surface area contributed by atoms with E-state index in [9.17, 15) is 9.59 Å². The molecule has 0 saturated carbocycles.